The first-order valence-electron chi connectivity index (χ1n) is 9.98. The zero-order valence-electron chi connectivity index (χ0n) is 17.0. The lowest BCUT2D eigenvalue weighted by molar-refractivity contribution is -0.138. The van der Waals surface area contributed by atoms with Crippen LogP contribution in [0.4, 0.5) is 0 Å². The third-order valence-electron chi connectivity index (χ3n) is 5.16. The predicted molar refractivity (Wildman–Crippen MR) is 109 cm³/mol. The molecule has 1 heterocycles. The number of likely N-dealkylation sites (tertiary alicyclic amines) is 1. The molecule has 1 aromatic carbocycles. The molecule has 2 unspecified atom stereocenters. The summed E-state index contributed by atoms with van der Waals surface area (Å²) in [6, 6.07) is 6.68. The Balaban J connectivity index is 2.06. The summed E-state index contributed by atoms with van der Waals surface area (Å²) >= 11 is 0. The van der Waals surface area contributed by atoms with Crippen molar-refractivity contribution in [2.75, 3.05) is 26.2 Å². The molecule has 28 heavy (non-hydrogen) atoms. The van der Waals surface area contributed by atoms with Gasteiger partial charge in [-0.2, -0.15) is 0 Å². The fourth-order valence-corrected chi connectivity index (χ4v) is 3.49. The topological polar surface area (TPSA) is 105 Å². The second kappa shape index (κ2) is 10.2. The summed E-state index contributed by atoms with van der Waals surface area (Å²) in [4.78, 5) is 39.8. The van der Waals surface area contributed by atoms with Crippen LogP contribution in [-0.4, -0.2) is 54.8 Å². The van der Waals surface area contributed by atoms with Crippen LogP contribution in [0.25, 0.3) is 0 Å². The van der Waals surface area contributed by atoms with E-state index in [0.29, 0.717) is 31.7 Å². The maximum absolute atomic E-state index is 13.1. The van der Waals surface area contributed by atoms with Gasteiger partial charge in [-0.1, -0.05) is 32.0 Å². The Morgan fingerprint density at radius 2 is 1.96 bits per heavy atom. The van der Waals surface area contributed by atoms with Gasteiger partial charge in [-0.15, -0.1) is 0 Å². The van der Waals surface area contributed by atoms with Crippen LogP contribution in [0.2, 0.25) is 0 Å². The summed E-state index contributed by atoms with van der Waals surface area (Å²) in [5, 5.41) is 5.70. The molecule has 0 aromatic heterocycles. The number of benzene rings is 1. The number of amides is 3. The van der Waals surface area contributed by atoms with Gasteiger partial charge in [0.15, 0.2) is 0 Å². The fourth-order valence-electron chi connectivity index (χ4n) is 3.49. The first-order valence-corrected chi connectivity index (χ1v) is 9.98. The van der Waals surface area contributed by atoms with E-state index in [0.717, 1.165) is 18.4 Å². The minimum atomic E-state index is -0.627. The molecular formula is C21H32N4O3. The summed E-state index contributed by atoms with van der Waals surface area (Å²) in [6.45, 7) is 7.50. The highest BCUT2D eigenvalue weighted by atomic mass is 16.2. The van der Waals surface area contributed by atoms with Gasteiger partial charge in [0, 0.05) is 31.7 Å². The molecule has 0 saturated carbocycles. The molecule has 0 spiro atoms. The third-order valence-corrected chi connectivity index (χ3v) is 5.16. The monoisotopic (exact) mass is 388 g/mol. The van der Waals surface area contributed by atoms with Crippen LogP contribution < -0.4 is 16.4 Å². The van der Waals surface area contributed by atoms with Crippen molar-refractivity contribution in [2.24, 2.45) is 17.6 Å². The average molecular weight is 389 g/mol. The van der Waals surface area contributed by atoms with Crippen LogP contribution in [-0.2, 0) is 9.59 Å². The minimum absolute atomic E-state index is 0.0620. The van der Waals surface area contributed by atoms with Crippen molar-refractivity contribution in [3.63, 3.8) is 0 Å². The molecule has 1 fully saturated rings. The van der Waals surface area contributed by atoms with Gasteiger partial charge in [-0.25, -0.2) is 0 Å². The van der Waals surface area contributed by atoms with Gasteiger partial charge in [0.05, 0.1) is 5.92 Å². The van der Waals surface area contributed by atoms with Gasteiger partial charge >= 0.3 is 0 Å². The maximum Gasteiger partial charge on any atom is 0.252 e. The number of carbonyl (C=O) groups excluding carboxylic acids is 3. The van der Waals surface area contributed by atoms with Crippen molar-refractivity contribution in [1.82, 2.24) is 15.5 Å². The number of hydrogen-bond donors (Lipinski definition) is 3. The van der Waals surface area contributed by atoms with E-state index in [1.54, 1.807) is 11.0 Å². The molecule has 4 N–H and O–H groups in total. The number of hydrogen-bond acceptors (Lipinski definition) is 4. The van der Waals surface area contributed by atoms with Crippen molar-refractivity contribution < 1.29 is 14.4 Å². The molecule has 0 aliphatic carbocycles. The third kappa shape index (κ3) is 5.55. The van der Waals surface area contributed by atoms with Crippen molar-refractivity contribution in [2.45, 2.75) is 39.7 Å². The Morgan fingerprint density at radius 1 is 1.25 bits per heavy atom. The number of aryl methyl sites for hydroxylation is 1. The van der Waals surface area contributed by atoms with Gasteiger partial charge in [0.1, 0.15) is 6.04 Å². The largest absolute Gasteiger partial charge is 0.355 e. The van der Waals surface area contributed by atoms with E-state index in [9.17, 15) is 14.4 Å². The normalized spacial score (nSPS) is 17.9. The Labute approximate surface area is 167 Å². The van der Waals surface area contributed by atoms with Gasteiger partial charge in [-0.05, 0) is 37.3 Å². The number of nitrogens with zero attached hydrogens (tertiary/aromatic N) is 1. The fraction of sp³-hybridized carbons (Fsp3) is 0.571. The van der Waals surface area contributed by atoms with E-state index in [1.807, 2.05) is 39.0 Å². The van der Waals surface area contributed by atoms with Crippen LogP contribution in [0.3, 0.4) is 0 Å². The molecule has 154 valence electrons. The van der Waals surface area contributed by atoms with Crippen molar-refractivity contribution >= 4 is 17.7 Å². The molecule has 3 amide bonds. The second-order valence-corrected chi connectivity index (χ2v) is 7.71. The first-order chi connectivity index (χ1) is 13.3. The molecule has 7 nitrogen and oxygen atoms in total. The molecule has 2 rings (SSSR count). The highest BCUT2D eigenvalue weighted by Crippen LogP contribution is 2.19. The van der Waals surface area contributed by atoms with Crippen LogP contribution in [0, 0.1) is 18.8 Å². The van der Waals surface area contributed by atoms with E-state index in [4.69, 9.17) is 5.73 Å². The standard InChI is InChI=1S/C21H32N4O3/c1-14(2)18(24-20(27)17-9-5-4-7-15(17)3)21(28)25-12-6-8-16(13-25)19(26)23-11-10-22/h4-5,7,9,14,16,18H,6,8,10-13,22H2,1-3H3,(H,23,26)(H,24,27). The molecule has 7 heteroatoms. The van der Waals surface area contributed by atoms with Crippen LogP contribution >= 0.6 is 0 Å². The number of nitrogens with one attached hydrogen (secondary N) is 2. The van der Waals surface area contributed by atoms with E-state index < -0.39 is 6.04 Å². The summed E-state index contributed by atoms with van der Waals surface area (Å²) < 4.78 is 0. The molecular weight excluding hydrogens is 356 g/mol. The van der Waals surface area contributed by atoms with E-state index in [-0.39, 0.29) is 29.6 Å². The van der Waals surface area contributed by atoms with Gasteiger partial charge in [0.2, 0.25) is 11.8 Å². The number of nitrogens with two attached hydrogens (primary N) is 1. The zero-order chi connectivity index (χ0) is 20.7. The van der Waals surface area contributed by atoms with Crippen molar-refractivity contribution in [1.29, 1.82) is 0 Å². The quantitative estimate of drug-likeness (QED) is 0.650. The van der Waals surface area contributed by atoms with E-state index >= 15 is 0 Å². The number of piperidine rings is 1. The van der Waals surface area contributed by atoms with Gasteiger partial charge < -0.3 is 21.3 Å². The number of carbonyl (C=O) groups is 3. The van der Waals surface area contributed by atoms with Crippen LogP contribution in [0.5, 0.6) is 0 Å². The van der Waals surface area contributed by atoms with Gasteiger partial charge in [0.25, 0.3) is 5.91 Å². The average Bonchev–Trinajstić information content (AvgIpc) is 2.69. The Morgan fingerprint density at radius 3 is 2.61 bits per heavy atom. The summed E-state index contributed by atoms with van der Waals surface area (Å²) in [5.41, 5.74) is 6.87. The first kappa shape index (κ1) is 21.9. The molecule has 0 radical (unpaired) electrons. The Bertz CT molecular complexity index is 705. The Kier molecular flexibility index (Phi) is 7.99. The molecule has 1 aliphatic rings. The molecule has 0 bridgehead atoms. The summed E-state index contributed by atoms with van der Waals surface area (Å²) in [5.74, 6) is -0.739. The predicted octanol–water partition coefficient (Wildman–Crippen LogP) is 1.06. The number of rotatable bonds is 7. The van der Waals surface area contributed by atoms with Crippen molar-refractivity contribution in [3.8, 4) is 0 Å². The lowest BCUT2D eigenvalue weighted by Crippen LogP contribution is -2.54. The van der Waals surface area contributed by atoms with E-state index in [2.05, 4.69) is 10.6 Å². The molecule has 1 saturated heterocycles. The molecule has 1 aliphatic heterocycles. The Hall–Kier alpha value is -2.41. The summed E-state index contributed by atoms with van der Waals surface area (Å²) in [7, 11) is 0. The lowest BCUT2D eigenvalue weighted by atomic mass is 9.94. The smallest absolute Gasteiger partial charge is 0.252 e. The van der Waals surface area contributed by atoms with Crippen molar-refractivity contribution in [3.05, 3.63) is 35.4 Å². The van der Waals surface area contributed by atoms with E-state index in [1.165, 1.54) is 0 Å². The SMILES string of the molecule is Cc1ccccc1C(=O)NC(C(=O)N1CCCC(C(=O)NCCN)C1)C(C)C. The summed E-state index contributed by atoms with van der Waals surface area (Å²) in [6.07, 6.45) is 1.52. The minimum Gasteiger partial charge on any atom is -0.355 e. The highest BCUT2D eigenvalue weighted by molar-refractivity contribution is 5.98. The highest BCUT2D eigenvalue weighted by Gasteiger charge is 2.34. The molecule has 2 atom stereocenters. The zero-order valence-corrected chi connectivity index (χ0v) is 17.0. The lowest BCUT2D eigenvalue weighted by Gasteiger charge is -2.35. The van der Waals surface area contributed by atoms with Crippen LogP contribution in [0.15, 0.2) is 24.3 Å². The maximum atomic E-state index is 13.1. The second-order valence-electron chi connectivity index (χ2n) is 7.71. The molecule has 1 aromatic rings. The van der Waals surface area contributed by atoms with Crippen LogP contribution in [0.1, 0.15) is 42.6 Å². The van der Waals surface area contributed by atoms with Gasteiger partial charge in [-0.3, -0.25) is 14.4 Å².